The van der Waals surface area contributed by atoms with Gasteiger partial charge in [-0.15, -0.1) is 11.3 Å². The lowest BCUT2D eigenvalue weighted by atomic mass is 10.0. The van der Waals surface area contributed by atoms with Gasteiger partial charge < -0.3 is 10.0 Å². The minimum atomic E-state index is -0.716. The van der Waals surface area contributed by atoms with Crippen molar-refractivity contribution >= 4 is 17.3 Å². The van der Waals surface area contributed by atoms with Crippen LogP contribution in [-0.2, 0) is 11.2 Å². The first-order chi connectivity index (χ1) is 6.59. The average Bonchev–Trinajstić information content (AvgIpc) is 2.54. The number of carboxylic acids is 1. The molecule has 1 aromatic heterocycles. The Morgan fingerprint density at radius 1 is 1.64 bits per heavy atom. The van der Waals surface area contributed by atoms with Gasteiger partial charge in [0.25, 0.3) is 0 Å². The number of aliphatic carboxylic acids is 1. The second-order valence-corrected chi connectivity index (χ2v) is 4.61. The largest absolute Gasteiger partial charge is 0.481 e. The monoisotopic (exact) mass is 213 g/mol. The minimum Gasteiger partial charge on any atom is -0.481 e. The number of nitrogens with zero attached hydrogens (tertiary/aromatic N) is 1. The normalized spacial score (nSPS) is 13.1. The van der Waals surface area contributed by atoms with E-state index in [1.165, 1.54) is 0 Å². The third kappa shape index (κ3) is 3.47. The van der Waals surface area contributed by atoms with Crippen LogP contribution in [0.15, 0.2) is 17.5 Å². The molecule has 0 spiro atoms. The predicted octanol–water partition coefficient (Wildman–Crippen LogP) is 1.55. The fourth-order valence-electron chi connectivity index (χ4n) is 1.34. The first-order valence-corrected chi connectivity index (χ1v) is 5.37. The molecule has 0 bridgehead atoms. The summed E-state index contributed by atoms with van der Waals surface area (Å²) in [5.41, 5.74) is 0. The summed E-state index contributed by atoms with van der Waals surface area (Å²) in [7, 11) is 3.79. The minimum absolute atomic E-state index is 0.302. The fourth-order valence-corrected chi connectivity index (χ4v) is 2.13. The maximum absolute atomic E-state index is 10.9. The molecular formula is C10H15NO2S. The van der Waals surface area contributed by atoms with Crippen molar-refractivity contribution in [1.82, 2.24) is 4.90 Å². The van der Waals surface area contributed by atoms with Gasteiger partial charge in [0.05, 0.1) is 5.92 Å². The molecule has 1 atom stereocenters. The average molecular weight is 213 g/mol. The molecule has 3 nitrogen and oxygen atoms in total. The van der Waals surface area contributed by atoms with Gasteiger partial charge in [-0.3, -0.25) is 4.79 Å². The van der Waals surface area contributed by atoms with Gasteiger partial charge in [-0.05, 0) is 32.0 Å². The van der Waals surface area contributed by atoms with Crippen molar-refractivity contribution in [3.63, 3.8) is 0 Å². The molecule has 14 heavy (non-hydrogen) atoms. The van der Waals surface area contributed by atoms with E-state index in [4.69, 9.17) is 5.11 Å². The van der Waals surface area contributed by atoms with Gasteiger partial charge in [0.1, 0.15) is 0 Å². The van der Waals surface area contributed by atoms with E-state index in [0.29, 0.717) is 13.0 Å². The van der Waals surface area contributed by atoms with Gasteiger partial charge in [0.15, 0.2) is 0 Å². The van der Waals surface area contributed by atoms with E-state index < -0.39 is 5.97 Å². The SMILES string of the molecule is CN(C)CC(Cc1cccs1)C(=O)O. The molecule has 1 unspecified atom stereocenters. The summed E-state index contributed by atoms with van der Waals surface area (Å²) in [5.74, 6) is -1.02. The fraction of sp³-hybridized carbons (Fsp3) is 0.500. The third-order valence-electron chi connectivity index (χ3n) is 1.96. The molecule has 0 saturated carbocycles. The van der Waals surface area contributed by atoms with Crippen LogP contribution in [0, 0.1) is 5.92 Å². The van der Waals surface area contributed by atoms with E-state index in [9.17, 15) is 4.79 Å². The van der Waals surface area contributed by atoms with E-state index >= 15 is 0 Å². The van der Waals surface area contributed by atoms with Crippen molar-refractivity contribution in [2.24, 2.45) is 5.92 Å². The Labute approximate surface area is 88.0 Å². The number of thiophene rings is 1. The van der Waals surface area contributed by atoms with Gasteiger partial charge in [-0.2, -0.15) is 0 Å². The molecule has 0 fully saturated rings. The topological polar surface area (TPSA) is 40.5 Å². The summed E-state index contributed by atoms with van der Waals surface area (Å²) < 4.78 is 0. The Morgan fingerprint density at radius 3 is 2.79 bits per heavy atom. The Hall–Kier alpha value is -0.870. The zero-order valence-corrected chi connectivity index (χ0v) is 9.25. The molecule has 1 heterocycles. The lowest BCUT2D eigenvalue weighted by Crippen LogP contribution is -2.29. The second-order valence-electron chi connectivity index (χ2n) is 3.58. The highest BCUT2D eigenvalue weighted by Crippen LogP contribution is 2.15. The molecule has 0 aliphatic rings. The Balaban J connectivity index is 2.56. The van der Waals surface area contributed by atoms with Crippen LogP contribution >= 0.6 is 11.3 Å². The molecule has 1 rings (SSSR count). The molecule has 1 aromatic rings. The van der Waals surface area contributed by atoms with Crippen molar-refractivity contribution in [3.05, 3.63) is 22.4 Å². The van der Waals surface area contributed by atoms with Crippen molar-refractivity contribution in [2.75, 3.05) is 20.6 Å². The molecule has 0 amide bonds. The maximum Gasteiger partial charge on any atom is 0.308 e. The summed E-state index contributed by atoms with van der Waals surface area (Å²) in [6.07, 6.45) is 0.630. The lowest BCUT2D eigenvalue weighted by molar-refractivity contribution is -0.142. The smallest absolute Gasteiger partial charge is 0.308 e. The molecule has 0 aromatic carbocycles. The summed E-state index contributed by atoms with van der Waals surface area (Å²) in [5, 5.41) is 11.0. The van der Waals surface area contributed by atoms with E-state index in [1.54, 1.807) is 11.3 Å². The number of carboxylic acid groups (broad SMARTS) is 1. The van der Waals surface area contributed by atoms with Crippen LogP contribution in [0.1, 0.15) is 4.88 Å². The van der Waals surface area contributed by atoms with Gasteiger partial charge in [-0.25, -0.2) is 0 Å². The van der Waals surface area contributed by atoms with Crippen LogP contribution in [0.25, 0.3) is 0 Å². The molecule has 0 aliphatic heterocycles. The Kier molecular flexibility index (Phi) is 4.10. The molecule has 4 heteroatoms. The number of hydrogen-bond acceptors (Lipinski definition) is 3. The van der Waals surface area contributed by atoms with Crippen LogP contribution in [0.2, 0.25) is 0 Å². The van der Waals surface area contributed by atoms with Gasteiger partial charge >= 0.3 is 5.97 Å². The van der Waals surface area contributed by atoms with Crippen LogP contribution in [0.3, 0.4) is 0 Å². The van der Waals surface area contributed by atoms with Crippen molar-refractivity contribution < 1.29 is 9.90 Å². The number of rotatable bonds is 5. The zero-order chi connectivity index (χ0) is 10.6. The van der Waals surface area contributed by atoms with Gasteiger partial charge in [-0.1, -0.05) is 6.07 Å². The molecule has 0 radical (unpaired) electrons. The van der Waals surface area contributed by atoms with E-state index in [1.807, 2.05) is 36.5 Å². The maximum atomic E-state index is 10.9. The number of carbonyl (C=O) groups is 1. The summed E-state index contributed by atoms with van der Waals surface area (Å²) >= 11 is 1.61. The summed E-state index contributed by atoms with van der Waals surface area (Å²) in [4.78, 5) is 14.0. The van der Waals surface area contributed by atoms with Crippen LogP contribution < -0.4 is 0 Å². The van der Waals surface area contributed by atoms with Crippen LogP contribution in [0.5, 0.6) is 0 Å². The van der Waals surface area contributed by atoms with E-state index in [-0.39, 0.29) is 5.92 Å². The quantitative estimate of drug-likeness (QED) is 0.806. The molecule has 78 valence electrons. The summed E-state index contributed by atoms with van der Waals surface area (Å²) in [6, 6.07) is 3.94. The Morgan fingerprint density at radius 2 is 2.36 bits per heavy atom. The highest BCUT2D eigenvalue weighted by molar-refractivity contribution is 7.09. The van der Waals surface area contributed by atoms with Crippen molar-refractivity contribution in [2.45, 2.75) is 6.42 Å². The van der Waals surface area contributed by atoms with Crippen LogP contribution in [0.4, 0.5) is 0 Å². The van der Waals surface area contributed by atoms with E-state index in [0.717, 1.165) is 4.88 Å². The molecular weight excluding hydrogens is 198 g/mol. The molecule has 0 aliphatic carbocycles. The highest BCUT2D eigenvalue weighted by atomic mass is 32.1. The first kappa shape index (κ1) is 11.2. The standard InChI is InChI=1S/C10H15NO2S/c1-11(2)7-8(10(12)13)6-9-4-3-5-14-9/h3-5,8H,6-7H2,1-2H3,(H,12,13). The first-order valence-electron chi connectivity index (χ1n) is 4.49. The van der Waals surface area contributed by atoms with Crippen molar-refractivity contribution in [3.8, 4) is 0 Å². The number of hydrogen-bond donors (Lipinski definition) is 1. The molecule has 0 saturated heterocycles. The third-order valence-corrected chi connectivity index (χ3v) is 2.86. The molecule has 1 N–H and O–H groups in total. The lowest BCUT2D eigenvalue weighted by Gasteiger charge is -2.16. The highest BCUT2D eigenvalue weighted by Gasteiger charge is 2.18. The predicted molar refractivity (Wildman–Crippen MR) is 57.7 cm³/mol. The zero-order valence-electron chi connectivity index (χ0n) is 8.43. The van der Waals surface area contributed by atoms with Crippen molar-refractivity contribution in [1.29, 1.82) is 0 Å². The van der Waals surface area contributed by atoms with E-state index in [2.05, 4.69) is 0 Å². The van der Waals surface area contributed by atoms with Crippen LogP contribution in [-0.4, -0.2) is 36.6 Å². The second kappa shape index (κ2) is 5.12. The Bertz CT molecular complexity index is 282. The van der Waals surface area contributed by atoms with Gasteiger partial charge in [0.2, 0.25) is 0 Å². The summed E-state index contributed by atoms with van der Waals surface area (Å²) in [6.45, 7) is 0.591. The van der Waals surface area contributed by atoms with Gasteiger partial charge in [0, 0.05) is 11.4 Å².